The number of aryl methyl sites for hydroxylation is 1. The first-order valence-electron chi connectivity index (χ1n) is 8.38. The molecule has 1 aliphatic rings. The minimum Gasteiger partial charge on any atom is -0.380 e. The molecule has 1 aromatic carbocycles. The molecular formula is C18H19FN4O2. The lowest BCUT2D eigenvalue weighted by Gasteiger charge is -2.23. The zero-order chi connectivity index (χ0) is 17.3. The molecule has 6 nitrogen and oxygen atoms in total. The molecule has 4 rings (SSSR count). The van der Waals surface area contributed by atoms with Crippen molar-refractivity contribution in [2.45, 2.75) is 31.7 Å². The zero-order valence-corrected chi connectivity index (χ0v) is 14.0. The van der Waals surface area contributed by atoms with E-state index in [2.05, 4.69) is 22.0 Å². The fraction of sp³-hybridized carbons (Fsp3) is 0.389. The van der Waals surface area contributed by atoms with Crippen molar-refractivity contribution < 1.29 is 13.7 Å². The van der Waals surface area contributed by atoms with Crippen LogP contribution in [0.15, 0.2) is 41.2 Å². The number of nitrogens with zero attached hydrogens (tertiary/aromatic N) is 4. The number of hydrogen-bond acceptors (Lipinski definition) is 5. The Hall–Kier alpha value is -2.54. The third-order valence-electron chi connectivity index (χ3n) is 4.74. The lowest BCUT2D eigenvalue weighted by molar-refractivity contribution is 0.182. The highest BCUT2D eigenvalue weighted by molar-refractivity contribution is 5.34. The minimum atomic E-state index is -0.488. The molecule has 1 fully saturated rings. The summed E-state index contributed by atoms with van der Waals surface area (Å²) in [6.07, 6.45) is 5.24. The molecule has 1 aliphatic heterocycles. The molecule has 0 spiro atoms. The largest absolute Gasteiger partial charge is 0.380 e. The molecule has 7 heteroatoms. The summed E-state index contributed by atoms with van der Waals surface area (Å²) in [6, 6.07) is 6.45. The van der Waals surface area contributed by atoms with Gasteiger partial charge in [0, 0.05) is 25.4 Å². The van der Waals surface area contributed by atoms with E-state index in [1.165, 1.54) is 12.1 Å². The van der Waals surface area contributed by atoms with E-state index in [-0.39, 0.29) is 5.82 Å². The molecule has 0 radical (unpaired) electrons. The Morgan fingerprint density at radius 1 is 1.28 bits per heavy atom. The third kappa shape index (κ3) is 2.84. The molecule has 0 aliphatic carbocycles. The van der Waals surface area contributed by atoms with Gasteiger partial charge in [-0.2, -0.15) is 4.98 Å². The van der Waals surface area contributed by atoms with Gasteiger partial charge in [0.25, 0.3) is 0 Å². The fourth-order valence-electron chi connectivity index (χ4n) is 3.32. The van der Waals surface area contributed by atoms with Crippen LogP contribution in [-0.2, 0) is 23.1 Å². The maximum atomic E-state index is 13.3. The number of rotatable bonds is 5. The van der Waals surface area contributed by atoms with Gasteiger partial charge in [0.1, 0.15) is 18.2 Å². The topological polar surface area (TPSA) is 66.0 Å². The van der Waals surface area contributed by atoms with E-state index < -0.39 is 5.41 Å². The van der Waals surface area contributed by atoms with Gasteiger partial charge in [-0.1, -0.05) is 24.2 Å². The molecule has 1 atom stereocenters. The van der Waals surface area contributed by atoms with Crippen molar-refractivity contribution in [3.8, 4) is 0 Å². The minimum absolute atomic E-state index is 0.265. The van der Waals surface area contributed by atoms with E-state index >= 15 is 0 Å². The van der Waals surface area contributed by atoms with Crippen LogP contribution in [-0.4, -0.2) is 32.9 Å². The van der Waals surface area contributed by atoms with Crippen LogP contribution in [0.25, 0.3) is 0 Å². The summed E-state index contributed by atoms with van der Waals surface area (Å²) in [5, 5.41) is 4.21. The second-order valence-electron chi connectivity index (χ2n) is 6.23. The van der Waals surface area contributed by atoms with Gasteiger partial charge in [-0.3, -0.25) is 0 Å². The normalized spacial score (nSPS) is 20.2. The molecular weight excluding hydrogens is 323 g/mol. The Labute approximate surface area is 144 Å². The summed E-state index contributed by atoms with van der Waals surface area (Å²) in [7, 11) is 0. The number of benzene rings is 1. The Balaban J connectivity index is 1.65. The molecule has 0 unspecified atom stereocenters. The summed E-state index contributed by atoms with van der Waals surface area (Å²) >= 11 is 0. The Morgan fingerprint density at radius 2 is 2.12 bits per heavy atom. The van der Waals surface area contributed by atoms with Gasteiger partial charge in [0.15, 0.2) is 5.82 Å². The second-order valence-corrected chi connectivity index (χ2v) is 6.23. The van der Waals surface area contributed by atoms with Gasteiger partial charge in [-0.05, 0) is 24.1 Å². The molecule has 0 amide bonds. The molecule has 130 valence electrons. The quantitative estimate of drug-likeness (QED) is 0.713. The highest BCUT2D eigenvalue weighted by atomic mass is 19.1. The lowest BCUT2D eigenvalue weighted by Crippen LogP contribution is -2.29. The fourth-order valence-corrected chi connectivity index (χ4v) is 3.32. The summed E-state index contributed by atoms with van der Waals surface area (Å²) in [5.74, 6) is 1.82. The van der Waals surface area contributed by atoms with Gasteiger partial charge in [-0.25, -0.2) is 9.37 Å². The average Bonchev–Trinajstić information content (AvgIpc) is 3.36. The van der Waals surface area contributed by atoms with Crippen LogP contribution in [0.2, 0.25) is 0 Å². The first kappa shape index (κ1) is 16.0. The van der Waals surface area contributed by atoms with Crippen molar-refractivity contribution in [2.75, 3.05) is 13.2 Å². The molecule has 0 bridgehead atoms. The number of imidazole rings is 1. The molecule has 3 heterocycles. The monoisotopic (exact) mass is 342 g/mol. The average molecular weight is 342 g/mol. The van der Waals surface area contributed by atoms with Crippen LogP contribution in [0.4, 0.5) is 4.39 Å². The summed E-state index contributed by atoms with van der Waals surface area (Å²) in [5.41, 5.74) is 0.452. The predicted molar refractivity (Wildman–Crippen MR) is 87.6 cm³/mol. The first-order valence-corrected chi connectivity index (χ1v) is 8.38. The van der Waals surface area contributed by atoms with Crippen molar-refractivity contribution in [1.29, 1.82) is 0 Å². The van der Waals surface area contributed by atoms with Gasteiger partial charge >= 0.3 is 0 Å². The van der Waals surface area contributed by atoms with Crippen molar-refractivity contribution in [1.82, 2.24) is 19.7 Å². The number of ether oxygens (including phenoxy) is 1. The number of aromatic nitrogens is 4. The summed E-state index contributed by atoms with van der Waals surface area (Å²) in [6.45, 7) is 3.61. The van der Waals surface area contributed by atoms with Gasteiger partial charge in [-0.15, -0.1) is 0 Å². The molecule has 1 saturated heterocycles. The second kappa shape index (κ2) is 6.40. The highest BCUT2D eigenvalue weighted by Gasteiger charge is 2.42. The van der Waals surface area contributed by atoms with Crippen LogP contribution in [0.1, 0.15) is 36.4 Å². The van der Waals surface area contributed by atoms with Crippen LogP contribution >= 0.6 is 0 Å². The Bertz CT molecular complexity index is 850. The highest BCUT2D eigenvalue weighted by Crippen LogP contribution is 2.38. The Kier molecular flexibility index (Phi) is 4.09. The van der Waals surface area contributed by atoms with Crippen molar-refractivity contribution in [3.63, 3.8) is 0 Å². The van der Waals surface area contributed by atoms with E-state index in [0.717, 1.165) is 24.2 Å². The number of halogens is 1. The molecule has 3 aromatic rings. The SMILES string of the molecule is CCc1nccn1Cc1nc([C@]2(c3ccc(F)cc3)CCOC2)no1. The van der Waals surface area contributed by atoms with E-state index in [9.17, 15) is 4.39 Å². The molecule has 25 heavy (non-hydrogen) atoms. The van der Waals surface area contributed by atoms with E-state index in [0.29, 0.717) is 31.5 Å². The lowest BCUT2D eigenvalue weighted by atomic mass is 9.79. The molecule has 0 saturated carbocycles. The van der Waals surface area contributed by atoms with Crippen molar-refractivity contribution in [2.24, 2.45) is 0 Å². The van der Waals surface area contributed by atoms with Gasteiger partial charge < -0.3 is 13.8 Å². The standard InChI is InChI=1S/C18H19FN4O2/c1-2-15-20-8-9-23(15)11-16-21-17(22-25-16)18(7-10-24-12-18)13-3-5-14(19)6-4-13/h3-6,8-9H,2,7,10-12H2,1H3/t18-/m1/s1. The van der Waals surface area contributed by atoms with Gasteiger partial charge in [0.05, 0.1) is 12.0 Å². The van der Waals surface area contributed by atoms with Crippen molar-refractivity contribution in [3.05, 3.63) is 65.6 Å². The van der Waals surface area contributed by atoms with E-state index in [1.807, 2.05) is 10.8 Å². The van der Waals surface area contributed by atoms with E-state index in [4.69, 9.17) is 9.26 Å². The van der Waals surface area contributed by atoms with E-state index in [1.54, 1.807) is 18.3 Å². The van der Waals surface area contributed by atoms with Crippen molar-refractivity contribution >= 4 is 0 Å². The number of hydrogen-bond donors (Lipinski definition) is 0. The summed E-state index contributed by atoms with van der Waals surface area (Å²) < 4.78 is 26.4. The van der Waals surface area contributed by atoms with Gasteiger partial charge in [0.2, 0.25) is 5.89 Å². The smallest absolute Gasteiger partial charge is 0.246 e. The van der Waals surface area contributed by atoms with Crippen LogP contribution in [0, 0.1) is 5.82 Å². The predicted octanol–water partition coefficient (Wildman–Crippen LogP) is 2.72. The van der Waals surface area contributed by atoms with Crippen LogP contribution in [0.3, 0.4) is 0 Å². The van der Waals surface area contributed by atoms with Crippen LogP contribution < -0.4 is 0 Å². The maximum Gasteiger partial charge on any atom is 0.246 e. The third-order valence-corrected chi connectivity index (χ3v) is 4.74. The first-order chi connectivity index (χ1) is 12.2. The zero-order valence-electron chi connectivity index (χ0n) is 14.0. The molecule has 2 aromatic heterocycles. The molecule has 0 N–H and O–H groups in total. The van der Waals surface area contributed by atoms with Crippen LogP contribution in [0.5, 0.6) is 0 Å². The Morgan fingerprint density at radius 3 is 2.84 bits per heavy atom. The maximum absolute atomic E-state index is 13.3. The summed E-state index contributed by atoms with van der Waals surface area (Å²) in [4.78, 5) is 8.92.